The van der Waals surface area contributed by atoms with E-state index in [0.29, 0.717) is 34.9 Å². The Hall–Kier alpha value is -3.24. The topological polar surface area (TPSA) is 108 Å². The van der Waals surface area contributed by atoms with Crippen LogP contribution in [-0.2, 0) is 19.1 Å². The lowest BCUT2D eigenvalue weighted by atomic mass is 9.67. The first-order chi connectivity index (χ1) is 13.8. The molecule has 3 fully saturated rings. The Morgan fingerprint density at radius 2 is 1.86 bits per heavy atom. The Labute approximate surface area is 166 Å². The minimum Gasteiger partial charge on any atom is -0.481 e. The zero-order valence-corrected chi connectivity index (χ0v) is 15.7. The summed E-state index contributed by atoms with van der Waals surface area (Å²) in [5, 5.41) is 20.1. The van der Waals surface area contributed by atoms with Crippen LogP contribution in [0.25, 0.3) is 10.8 Å². The zero-order chi connectivity index (χ0) is 20.6. The van der Waals surface area contributed by atoms with Crippen molar-refractivity contribution in [2.24, 2.45) is 11.8 Å². The maximum Gasteiger partial charge on any atom is 0.306 e. The number of carbonyl (C=O) groups excluding carboxylic acids is 2. The second-order valence-electron chi connectivity index (χ2n) is 8.31. The van der Waals surface area contributed by atoms with Crippen LogP contribution in [0.4, 0.5) is 5.69 Å². The molecule has 4 atom stereocenters. The van der Waals surface area contributed by atoms with Gasteiger partial charge in [0.2, 0.25) is 11.8 Å². The number of rotatable bonds is 3. The number of aliphatic carboxylic acids is 1. The number of hydrogen-bond donors (Lipinski definition) is 1. The van der Waals surface area contributed by atoms with Crippen molar-refractivity contribution in [1.82, 2.24) is 0 Å². The Balaban J connectivity index is 1.66. The number of imide groups is 1. The summed E-state index contributed by atoms with van der Waals surface area (Å²) in [5.41, 5.74) is -1.10. The average Bonchev–Trinajstić information content (AvgIpc) is 3.25. The molecule has 0 spiro atoms. The number of carbonyl (C=O) groups is 3. The van der Waals surface area contributed by atoms with E-state index in [0.717, 1.165) is 0 Å². The fraction of sp³-hybridized carbons (Fsp3) is 0.364. The maximum absolute atomic E-state index is 13.5. The highest BCUT2D eigenvalue weighted by molar-refractivity contribution is 6.26. The van der Waals surface area contributed by atoms with Gasteiger partial charge in [-0.15, -0.1) is 0 Å². The van der Waals surface area contributed by atoms with Gasteiger partial charge < -0.3 is 9.84 Å². The monoisotopic (exact) mass is 390 g/mol. The summed E-state index contributed by atoms with van der Waals surface area (Å²) in [7, 11) is 0. The molecule has 29 heavy (non-hydrogen) atoms. The van der Waals surface area contributed by atoms with Crippen LogP contribution < -0.4 is 4.90 Å². The van der Waals surface area contributed by atoms with Crippen LogP contribution in [0.1, 0.15) is 31.7 Å². The van der Waals surface area contributed by atoms with Crippen LogP contribution >= 0.6 is 0 Å². The number of nitrogens with zero attached hydrogens (tertiary/aromatic N) is 2. The van der Waals surface area contributed by atoms with Crippen LogP contribution in [0.15, 0.2) is 36.4 Å². The summed E-state index contributed by atoms with van der Waals surface area (Å²) in [6.45, 7) is 1.80. The van der Waals surface area contributed by atoms with Gasteiger partial charge in [0.05, 0.1) is 46.8 Å². The Morgan fingerprint density at radius 3 is 2.55 bits per heavy atom. The molecule has 2 bridgehead atoms. The molecule has 3 aliphatic rings. The van der Waals surface area contributed by atoms with Gasteiger partial charge >= 0.3 is 5.97 Å². The molecular weight excluding hydrogens is 372 g/mol. The van der Waals surface area contributed by atoms with E-state index in [9.17, 15) is 24.8 Å². The molecule has 3 aliphatic heterocycles. The third kappa shape index (κ3) is 2.18. The van der Waals surface area contributed by atoms with Gasteiger partial charge in [-0.2, -0.15) is 5.26 Å². The largest absolute Gasteiger partial charge is 0.481 e. The fourth-order valence-electron chi connectivity index (χ4n) is 5.58. The summed E-state index contributed by atoms with van der Waals surface area (Å²) in [6.07, 6.45) is 0.686. The SMILES string of the molecule is CC12CCC(CC(=O)O)(O1)[C@H]1C(=O)N(c3ccc(C#N)c4ccccc34)C(=O)[C@H]12. The average molecular weight is 390 g/mol. The molecule has 1 N–H and O–H groups in total. The fourth-order valence-corrected chi connectivity index (χ4v) is 5.58. The third-order valence-corrected chi connectivity index (χ3v) is 6.72. The van der Waals surface area contributed by atoms with Crippen LogP contribution in [0.5, 0.6) is 0 Å². The number of carboxylic acids is 1. The van der Waals surface area contributed by atoms with E-state index >= 15 is 0 Å². The first-order valence-corrected chi connectivity index (χ1v) is 9.53. The van der Waals surface area contributed by atoms with Crippen molar-refractivity contribution < 1.29 is 24.2 Å². The number of hydrogen-bond acceptors (Lipinski definition) is 5. The highest BCUT2D eigenvalue weighted by Crippen LogP contribution is 2.62. The summed E-state index contributed by atoms with van der Waals surface area (Å²) in [5.74, 6) is -3.32. The molecule has 0 aromatic heterocycles. The molecule has 3 heterocycles. The Bertz CT molecular complexity index is 1150. The number of fused-ring (bicyclic) bond motifs is 6. The lowest BCUT2D eigenvalue weighted by molar-refractivity contribution is -0.147. The molecule has 0 radical (unpaired) electrons. The predicted octanol–water partition coefficient (Wildman–Crippen LogP) is 2.61. The van der Waals surface area contributed by atoms with Gasteiger partial charge in [-0.1, -0.05) is 24.3 Å². The smallest absolute Gasteiger partial charge is 0.306 e. The highest BCUT2D eigenvalue weighted by Gasteiger charge is 2.74. The van der Waals surface area contributed by atoms with Gasteiger partial charge in [0, 0.05) is 10.8 Å². The lowest BCUT2D eigenvalue weighted by Crippen LogP contribution is -2.43. The summed E-state index contributed by atoms with van der Waals surface area (Å²) < 4.78 is 6.08. The molecule has 146 valence electrons. The number of benzene rings is 2. The van der Waals surface area contributed by atoms with E-state index in [1.807, 2.05) is 0 Å². The lowest BCUT2D eigenvalue weighted by Gasteiger charge is -2.29. The van der Waals surface area contributed by atoms with E-state index < -0.39 is 34.9 Å². The van der Waals surface area contributed by atoms with Crippen molar-refractivity contribution in [1.29, 1.82) is 5.26 Å². The highest BCUT2D eigenvalue weighted by atomic mass is 16.5. The number of carboxylic acid groups (broad SMARTS) is 1. The predicted molar refractivity (Wildman–Crippen MR) is 102 cm³/mol. The van der Waals surface area contributed by atoms with Gasteiger partial charge in [0.15, 0.2) is 0 Å². The van der Waals surface area contributed by atoms with Crippen LogP contribution in [0.2, 0.25) is 0 Å². The molecule has 0 saturated carbocycles. The molecular formula is C22H18N2O5. The summed E-state index contributed by atoms with van der Waals surface area (Å²) in [4.78, 5) is 39.6. The normalized spacial score (nSPS) is 32.6. The maximum atomic E-state index is 13.5. The Morgan fingerprint density at radius 1 is 1.17 bits per heavy atom. The molecule has 0 aliphatic carbocycles. The number of nitriles is 1. The van der Waals surface area contributed by atoms with E-state index in [1.165, 1.54) is 4.90 Å². The van der Waals surface area contributed by atoms with Crippen molar-refractivity contribution in [2.45, 2.75) is 37.4 Å². The van der Waals surface area contributed by atoms with Crippen molar-refractivity contribution in [3.8, 4) is 6.07 Å². The van der Waals surface area contributed by atoms with Gasteiger partial charge in [0.1, 0.15) is 0 Å². The standard InChI is InChI=1S/C22H18N2O5/c1-21-8-9-22(29-21,10-16(25)26)18-17(21)19(27)24(20(18)28)15-7-6-12(11-23)13-4-2-3-5-14(13)15/h2-7,17-18H,8-10H2,1H3,(H,25,26)/t17-,18+,21?,22?/m0/s1. The van der Waals surface area contributed by atoms with Crippen molar-refractivity contribution in [2.75, 3.05) is 4.90 Å². The van der Waals surface area contributed by atoms with Gasteiger partial charge in [0.25, 0.3) is 0 Å². The van der Waals surface area contributed by atoms with E-state index in [4.69, 9.17) is 4.74 Å². The summed E-state index contributed by atoms with van der Waals surface area (Å²) >= 11 is 0. The Kier molecular flexibility index (Phi) is 3.47. The van der Waals surface area contributed by atoms with Gasteiger partial charge in [-0.3, -0.25) is 14.4 Å². The molecule has 7 heteroatoms. The molecule has 2 amide bonds. The van der Waals surface area contributed by atoms with E-state index in [1.54, 1.807) is 43.3 Å². The first-order valence-electron chi connectivity index (χ1n) is 9.53. The molecule has 5 rings (SSSR count). The van der Waals surface area contributed by atoms with Crippen LogP contribution in [-0.4, -0.2) is 34.1 Å². The summed E-state index contributed by atoms with van der Waals surface area (Å²) in [6, 6.07) is 12.5. The number of anilines is 1. The number of amides is 2. The minimum atomic E-state index is -1.14. The van der Waals surface area contributed by atoms with Crippen molar-refractivity contribution >= 4 is 34.2 Å². The van der Waals surface area contributed by atoms with Crippen LogP contribution in [0.3, 0.4) is 0 Å². The minimum absolute atomic E-state index is 0.301. The first kappa shape index (κ1) is 17.8. The van der Waals surface area contributed by atoms with Crippen LogP contribution in [0, 0.1) is 23.2 Å². The third-order valence-electron chi connectivity index (χ3n) is 6.72. The zero-order valence-electron chi connectivity index (χ0n) is 15.7. The molecule has 3 saturated heterocycles. The van der Waals surface area contributed by atoms with Gasteiger partial charge in [-0.25, -0.2) is 4.90 Å². The number of ether oxygens (including phenoxy) is 1. The second-order valence-corrected chi connectivity index (χ2v) is 8.31. The second kappa shape index (κ2) is 5.65. The van der Waals surface area contributed by atoms with E-state index in [-0.39, 0.29) is 12.3 Å². The quantitative estimate of drug-likeness (QED) is 0.807. The molecule has 7 nitrogen and oxygen atoms in total. The molecule has 2 aromatic carbocycles. The van der Waals surface area contributed by atoms with E-state index in [2.05, 4.69) is 6.07 Å². The van der Waals surface area contributed by atoms with Crippen molar-refractivity contribution in [3.05, 3.63) is 42.0 Å². The molecule has 2 unspecified atom stereocenters. The van der Waals surface area contributed by atoms with Gasteiger partial charge in [-0.05, 0) is 31.9 Å². The van der Waals surface area contributed by atoms with Crippen molar-refractivity contribution in [3.63, 3.8) is 0 Å². The molecule has 2 aromatic rings.